The summed E-state index contributed by atoms with van der Waals surface area (Å²) in [5.74, 6) is 0. The van der Waals surface area contributed by atoms with Crippen molar-refractivity contribution in [1.82, 2.24) is 5.32 Å². The molecule has 0 amide bonds. The number of aliphatic hydroxyl groups is 1. The van der Waals surface area contributed by atoms with Crippen LogP contribution in [0, 0.1) is 0 Å². The molecule has 0 aromatic rings. The van der Waals surface area contributed by atoms with E-state index in [0.717, 1.165) is 0 Å². The fourth-order valence-corrected chi connectivity index (χ4v) is 0.625. The highest BCUT2D eigenvalue weighted by atomic mass is 19.4. The van der Waals surface area contributed by atoms with Crippen molar-refractivity contribution in [3.8, 4) is 0 Å². The number of halogens is 3. The summed E-state index contributed by atoms with van der Waals surface area (Å²) in [6.45, 7) is 0.771. The van der Waals surface area contributed by atoms with Gasteiger partial charge in [-0.2, -0.15) is 13.2 Å². The summed E-state index contributed by atoms with van der Waals surface area (Å²) < 4.78 is 31.6. The highest BCUT2D eigenvalue weighted by Crippen LogP contribution is 2.11. The first-order valence-electron chi connectivity index (χ1n) is 3.44. The Hall–Kier alpha value is -0.290. The van der Waals surface area contributed by atoms with Gasteiger partial charge >= 0.3 is 6.18 Å². The lowest BCUT2D eigenvalue weighted by molar-refractivity contribution is -0.159. The normalized spacial score (nSPS) is 17.5. The van der Waals surface area contributed by atoms with Crippen LogP contribution in [-0.4, -0.2) is 31.0 Å². The van der Waals surface area contributed by atoms with Gasteiger partial charge in [-0.25, -0.2) is 0 Å². The van der Waals surface area contributed by atoms with Crippen LogP contribution in [-0.2, 0) is 0 Å². The van der Waals surface area contributed by atoms with E-state index < -0.39 is 12.8 Å². The average molecular weight is 171 g/mol. The second-order valence-corrected chi connectivity index (χ2v) is 2.23. The van der Waals surface area contributed by atoms with Gasteiger partial charge in [0.25, 0.3) is 0 Å². The molecule has 2 nitrogen and oxygen atoms in total. The van der Waals surface area contributed by atoms with Crippen LogP contribution in [0.15, 0.2) is 0 Å². The van der Waals surface area contributed by atoms with Crippen LogP contribution in [0.3, 0.4) is 0 Å². The molecule has 0 saturated carbocycles. The van der Waals surface area contributed by atoms with E-state index in [-0.39, 0.29) is 0 Å². The lowest BCUT2D eigenvalue weighted by atomic mass is 10.4. The predicted octanol–water partition coefficient (Wildman–Crippen LogP) is 0.911. The molecule has 0 aromatic heterocycles. The summed E-state index contributed by atoms with van der Waals surface area (Å²) in [6, 6.07) is 0. The lowest BCUT2D eigenvalue weighted by Crippen LogP contribution is -2.12. The van der Waals surface area contributed by atoms with Crippen molar-refractivity contribution in [1.29, 1.82) is 0 Å². The smallest absolute Gasteiger partial charge is 0.387 e. The molecule has 1 rings (SSSR count). The largest absolute Gasteiger partial charge is 0.411 e. The molecule has 68 valence electrons. The molecule has 5 heteroatoms. The van der Waals surface area contributed by atoms with Gasteiger partial charge in [-0.1, -0.05) is 0 Å². The molecule has 1 aliphatic rings. The molecule has 11 heavy (non-hydrogen) atoms. The number of alkyl halides is 3. The highest BCUT2D eigenvalue weighted by molar-refractivity contribution is 4.55. The number of hydrogen-bond acceptors (Lipinski definition) is 2. The maximum absolute atomic E-state index is 10.5. The Labute approximate surface area is 63.4 Å². The fraction of sp³-hybridized carbons (Fsp3) is 1.00. The van der Waals surface area contributed by atoms with Gasteiger partial charge in [0.15, 0.2) is 0 Å². The Morgan fingerprint density at radius 1 is 1.18 bits per heavy atom. The minimum Gasteiger partial charge on any atom is -0.387 e. The van der Waals surface area contributed by atoms with Crippen LogP contribution >= 0.6 is 0 Å². The Morgan fingerprint density at radius 2 is 1.55 bits per heavy atom. The molecular formula is C6H12F3NO. The van der Waals surface area contributed by atoms with Crippen molar-refractivity contribution in [3.63, 3.8) is 0 Å². The summed E-state index contributed by atoms with van der Waals surface area (Å²) >= 11 is 0. The second-order valence-electron chi connectivity index (χ2n) is 2.23. The van der Waals surface area contributed by atoms with Gasteiger partial charge in [-0.3, -0.25) is 0 Å². The molecule has 0 unspecified atom stereocenters. The van der Waals surface area contributed by atoms with Gasteiger partial charge in [-0.05, 0) is 25.9 Å². The van der Waals surface area contributed by atoms with Crippen molar-refractivity contribution < 1.29 is 18.3 Å². The molecule has 1 aliphatic heterocycles. The maximum atomic E-state index is 10.5. The molecule has 0 atom stereocenters. The molecule has 0 aliphatic carbocycles. The molecule has 0 bridgehead atoms. The first-order valence-corrected chi connectivity index (χ1v) is 3.44. The topological polar surface area (TPSA) is 32.3 Å². The van der Waals surface area contributed by atoms with Crippen molar-refractivity contribution in [2.24, 2.45) is 0 Å². The van der Waals surface area contributed by atoms with Gasteiger partial charge < -0.3 is 10.4 Å². The van der Waals surface area contributed by atoms with Crippen LogP contribution in [0.25, 0.3) is 0 Å². The summed E-state index contributed by atoms with van der Waals surface area (Å²) in [5.41, 5.74) is 0. The third kappa shape index (κ3) is 9.71. The van der Waals surface area contributed by atoms with Crippen LogP contribution < -0.4 is 5.32 Å². The van der Waals surface area contributed by atoms with Crippen molar-refractivity contribution in [2.45, 2.75) is 19.0 Å². The zero-order valence-corrected chi connectivity index (χ0v) is 6.12. The van der Waals surface area contributed by atoms with Crippen LogP contribution in [0.4, 0.5) is 13.2 Å². The van der Waals surface area contributed by atoms with E-state index in [2.05, 4.69) is 5.32 Å². The monoisotopic (exact) mass is 171 g/mol. The second kappa shape index (κ2) is 5.37. The standard InChI is InChI=1S/C4H9N.C2H3F3O/c1-2-4-5-3-1;3-2(4,5)1-6/h5H,1-4H2;6H,1H2. The SMILES string of the molecule is C1CCNC1.OCC(F)(F)F. The molecule has 0 aromatic carbocycles. The third-order valence-corrected chi connectivity index (χ3v) is 1.14. The summed E-state index contributed by atoms with van der Waals surface area (Å²) in [4.78, 5) is 0. The molecule has 1 heterocycles. The van der Waals surface area contributed by atoms with Gasteiger partial charge in [0.1, 0.15) is 6.61 Å². The van der Waals surface area contributed by atoms with Crippen molar-refractivity contribution in [2.75, 3.05) is 19.7 Å². The van der Waals surface area contributed by atoms with Crippen LogP contribution in [0.5, 0.6) is 0 Å². The highest BCUT2D eigenvalue weighted by Gasteiger charge is 2.24. The zero-order valence-electron chi connectivity index (χ0n) is 6.12. The van der Waals surface area contributed by atoms with Gasteiger partial charge in [0, 0.05) is 0 Å². The van der Waals surface area contributed by atoms with E-state index >= 15 is 0 Å². The van der Waals surface area contributed by atoms with Gasteiger partial charge in [0.2, 0.25) is 0 Å². The quantitative estimate of drug-likeness (QED) is 0.567. The van der Waals surface area contributed by atoms with Gasteiger partial charge in [0.05, 0.1) is 0 Å². The van der Waals surface area contributed by atoms with E-state index in [4.69, 9.17) is 5.11 Å². The van der Waals surface area contributed by atoms with Crippen LogP contribution in [0.2, 0.25) is 0 Å². The molecule has 1 fully saturated rings. The van der Waals surface area contributed by atoms with Crippen molar-refractivity contribution >= 4 is 0 Å². The Morgan fingerprint density at radius 3 is 1.64 bits per heavy atom. The minimum atomic E-state index is -4.40. The van der Waals surface area contributed by atoms with E-state index in [1.54, 1.807) is 0 Å². The Kier molecular flexibility index (Phi) is 5.23. The Balaban J connectivity index is 0.000000183. The number of aliphatic hydroxyl groups excluding tert-OH is 1. The Bertz CT molecular complexity index is 82.7. The van der Waals surface area contributed by atoms with E-state index in [0.29, 0.717) is 0 Å². The number of rotatable bonds is 0. The number of nitrogens with one attached hydrogen (secondary N) is 1. The summed E-state index contributed by atoms with van der Waals surface area (Å²) in [6.07, 6.45) is -1.62. The molecule has 0 spiro atoms. The summed E-state index contributed by atoms with van der Waals surface area (Å²) in [7, 11) is 0. The maximum Gasteiger partial charge on any atom is 0.411 e. The molecule has 2 N–H and O–H groups in total. The first kappa shape index (κ1) is 10.7. The summed E-state index contributed by atoms with van der Waals surface area (Å²) in [5, 5.41) is 10.5. The minimum absolute atomic E-state index is 1.25. The fourth-order valence-electron chi connectivity index (χ4n) is 0.625. The average Bonchev–Trinajstić information content (AvgIpc) is 2.41. The van der Waals surface area contributed by atoms with Crippen molar-refractivity contribution in [3.05, 3.63) is 0 Å². The zero-order chi connectivity index (χ0) is 8.74. The first-order chi connectivity index (χ1) is 5.06. The third-order valence-electron chi connectivity index (χ3n) is 1.14. The molecule has 1 saturated heterocycles. The lowest BCUT2D eigenvalue weighted by Gasteiger charge is -1.95. The predicted molar refractivity (Wildman–Crippen MR) is 35.2 cm³/mol. The van der Waals surface area contributed by atoms with E-state index in [1.165, 1.54) is 25.9 Å². The molecule has 0 radical (unpaired) electrons. The van der Waals surface area contributed by atoms with Gasteiger partial charge in [-0.15, -0.1) is 0 Å². The number of hydrogen-bond donors (Lipinski definition) is 2. The van der Waals surface area contributed by atoms with E-state index in [9.17, 15) is 13.2 Å². The van der Waals surface area contributed by atoms with E-state index in [1.807, 2.05) is 0 Å². The molecular weight excluding hydrogens is 159 g/mol. The van der Waals surface area contributed by atoms with Crippen LogP contribution in [0.1, 0.15) is 12.8 Å².